The normalized spacial score (nSPS) is 11.4. The summed E-state index contributed by atoms with van der Waals surface area (Å²) in [6, 6.07) is 24.4. The van der Waals surface area contributed by atoms with Gasteiger partial charge >= 0.3 is 6.09 Å². The largest absolute Gasteiger partial charge is 0.450 e. The monoisotopic (exact) mass is 404 g/mol. The van der Waals surface area contributed by atoms with Gasteiger partial charge in [0, 0.05) is 6.54 Å². The number of benzene rings is 2. The molecule has 0 aliphatic rings. The molecule has 0 aliphatic carbocycles. The number of rotatable bonds is 9. The van der Waals surface area contributed by atoms with Crippen LogP contribution in [-0.4, -0.2) is 24.2 Å². The SMILES string of the molecule is CCNc1nc(NC(Cc2ccccc2)c2ccccc2)ccc1NC(=O)OCC. The van der Waals surface area contributed by atoms with Crippen molar-refractivity contribution in [3.05, 3.63) is 83.9 Å². The minimum Gasteiger partial charge on any atom is -0.450 e. The van der Waals surface area contributed by atoms with E-state index < -0.39 is 6.09 Å². The Balaban J connectivity index is 1.84. The third kappa shape index (κ3) is 5.98. The van der Waals surface area contributed by atoms with Crippen LogP contribution in [0.25, 0.3) is 0 Å². The summed E-state index contributed by atoms with van der Waals surface area (Å²) in [4.78, 5) is 16.5. The molecule has 1 heterocycles. The Kier molecular flexibility index (Phi) is 7.66. The molecule has 3 rings (SSSR count). The van der Waals surface area contributed by atoms with Gasteiger partial charge in [-0.05, 0) is 43.5 Å². The fourth-order valence-electron chi connectivity index (χ4n) is 3.19. The molecule has 156 valence electrons. The maximum absolute atomic E-state index is 11.8. The van der Waals surface area contributed by atoms with Gasteiger partial charge in [0.2, 0.25) is 0 Å². The zero-order valence-corrected chi connectivity index (χ0v) is 17.4. The van der Waals surface area contributed by atoms with Gasteiger partial charge in [-0.1, -0.05) is 60.7 Å². The van der Waals surface area contributed by atoms with Crippen molar-refractivity contribution in [3.8, 4) is 0 Å². The van der Waals surface area contributed by atoms with Gasteiger partial charge in [-0.15, -0.1) is 0 Å². The zero-order chi connectivity index (χ0) is 21.2. The molecule has 0 fully saturated rings. The molecule has 0 aliphatic heterocycles. The number of hydrogen-bond acceptors (Lipinski definition) is 5. The van der Waals surface area contributed by atoms with Crippen LogP contribution in [-0.2, 0) is 11.2 Å². The molecular formula is C24H28N4O2. The molecule has 0 spiro atoms. The highest BCUT2D eigenvalue weighted by molar-refractivity contribution is 5.88. The summed E-state index contributed by atoms with van der Waals surface area (Å²) >= 11 is 0. The van der Waals surface area contributed by atoms with E-state index in [-0.39, 0.29) is 6.04 Å². The molecule has 1 atom stereocenters. The number of carbonyl (C=O) groups is 1. The van der Waals surface area contributed by atoms with Crippen molar-refractivity contribution >= 4 is 23.4 Å². The first-order valence-electron chi connectivity index (χ1n) is 10.2. The van der Waals surface area contributed by atoms with Crippen molar-refractivity contribution in [2.45, 2.75) is 26.3 Å². The van der Waals surface area contributed by atoms with Gasteiger partial charge in [0.1, 0.15) is 5.82 Å². The van der Waals surface area contributed by atoms with Crippen molar-refractivity contribution in [2.24, 2.45) is 0 Å². The predicted octanol–water partition coefficient (Wildman–Crippen LogP) is 5.48. The molecule has 2 aromatic carbocycles. The molecule has 1 aromatic heterocycles. The molecule has 0 saturated heterocycles. The topological polar surface area (TPSA) is 75.3 Å². The highest BCUT2D eigenvalue weighted by Gasteiger charge is 2.15. The Morgan fingerprint density at radius 3 is 2.33 bits per heavy atom. The molecule has 0 bridgehead atoms. The van der Waals surface area contributed by atoms with Crippen LogP contribution in [0.4, 0.5) is 22.1 Å². The lowest BCUT2D eigenvalue weighted by Crippen LogP contribution is -2.17. The van der Waals surface area contributed by atoms with Crippen molar-refractivity contribution in [3.63, 3.8) is 0 Å². The number of pyridine rings is 1. The Hall–Kier alpha value is -3.54. The lowest BCUT2D eigenvalue weighted by Gasteiger charge is -2.21. The van der Waals surface area contributed by atoms with Gasteiger partial charge in [-0.2, -0.15) is 0 Å². The first kappa shape index (κ1) is 21.2. The van der Waals surface area contributed by atoms with Crippen LogP contribution in [0.2, 0.25) is 0 Å². The van der Waals surface area contributed by atoms with Gasteiger partial charge in [-0.3, -0.25) is 5.32 Å². The Bertz CT molecular complexity index is 932. The summed E-state index contributed by atoms with van der Waals surface area (Å²) in [5, 5.41) is 9.49. The van der Waals surface area contributed by atoms with Gasteiger partial charge in [-0.25, -0.2) is 9.78 Å². The lowest BCUT2D eigenvalue weighted by atomic mass is 9.99. The summed E-state index contributed by atoms with van der Waals surface area (Å²) in [5.74, 6) is 1.33. The van der Waals surface area contributed by atoms with Crippen molar-refractivity contribution in [1.29, 1.82) is 0 Å². The fraction of sp³-hybridized carbons (Fsp3) is 0.250. The number of nitrogens with one attached hydrogen (secondary N) is 3. The summed E-state index contributed by atoms with van der Waals surface area (Å²) in [5.41, 5.74) is 3.01. The van der Waals surface area contributed by atoms with Crippen molar-refractivity contribution in [1.82, 2.24) is 4.98 Å². The van der Waals surface area contributed by atoms with E-state index in [0.29, 0.717) is 24.7 Å². The van der Waals surface area contributed by atoms with Crippen LogP contribution < -0.4 is 16.0 Å². The van der Waals surface area contributed by atoms with Crippen LogP contribution in [0.3, 0.4) is 0 Å². The molecule has 0 radical (unpaired) electrons. The molecule has 3 N–H and O–H groups in total. The van der Waals surface area contributed by atoms with Crippen LogP contribution >= 0.6 is 0 Å². The summed E-state index contributed by atoms with van der Waals surface area (Å²) in [7, 11) is 0. The summed E-state index contributed by atoms with van der Waals surface area (Å²) < 4.78 is 4.98. The molecule has 30 heavy (non-hydrogen) atoms. The van der Waals surface area contributed by atoms with E-state index in [1.807, 2.05) is 43.3 Å². The molecule has 1 unspecified atom stereocenters. The number of hydrogen-bond donors (Lipinski definition) is 3. The summed E-state index contributed by atoms with van der Waals surface area (Å²) in [6.45, 7) is 4.75. The number of carbonyl (C=O) groups excluding carboxylic acids is 1. The standard InChI is InChI=1S/C24H28N4O2/c1-3-25-23-20(27-24(29)30-4-2)15-16-22(28-23)26-21(19-13-9-6-10-14-19)17-18-11-7-5-8-12-18/h5-16,21H,3-4,17H2,1-2H3,(H,27,29)(H2,25,26,28). The van der Waals surface area contributed by atoms with Crippen LogP contribution in [0.5, 0.6) is 0 Å². The highest BCUT2D eigenvalue weighted by atomic mass is 16.5. The van der Waals surface area contributed by atoms with Gasteiger partial charge in [0.25, 0.3) is 0 Å². The maximum Gasteiger partial charge on any atom is 0.411 e. The van der Waals surface area contributed by atoms with E-state index in [1.54, 1.807) is 6.92 Å². The van der Waals surface area contributed by atoms with Gasteiger partial charge < -0.3 is 15.4 Å². The van der Waals surface area contributed by atoms with E-state index >= 15 is 0 Å². The second kappa shape index (κ2) is 10.9. The van der Waals surface area contributed by atoms with Gasteiger partial charge in [0.15, 0.2) is 5.82 Å². The van der Waals surface area contributed by atoms with E-state index in [4.69, 9.17) is 9.72 Å². The lowest BCUT2D eigenvalue weighted by molar-refractivity contribution is 0.168. The van der Waals surface area contributed by atoms with Crippen LogP contribution in [0.1, 0.15) is 31.0 Å². The van der Waals surface area contributed by atoms with Crippen LogP contribution in [0.15, 0.2) is 72.8 Å². The minimum absolute atomic E-state index is 0.0550. The second-order valence-electron chi connectivity index (χ2n) is 6.77. The average molecular weight is 405 g/mol. The summed E-state index contributed by atoms with van der Waals surface area (Å²) in [6.07, 6.45) is 0.330. The molecule has 3 aromatic rings. The van der Waals surface area contributed by atoms with E-state index in [2.05, 4.69) is 52.3 Å². The first-order chi connectivity index (χ1) is 14.7. The third-order valence-corrected chi connectivity index (χ3v) is 4.56. The predicted molar refractivity (Wildman–Crippen MR) is 122 cm³/mol. The Morgan fingerprint density at radius 1 is 0.967 bits per heavy atom. The highest BCUT2D eigenvalue weighted by Crippen LogP contribution is 2.27. The molecule has 6 heteroatoms. The maximum atomic E-state index is 11.8. The van der Waals surface area contributed by atoms with E-state index in [9.17, 15) is 4.79 Å². The third-order valence-electron chi connectivity index (χ3n) is 4.56. The minimum atomic E-state index is -0.495. The Labute approximate surface area is 177 Å². The molecule has 0 saturated carbocycles. The number of aromatic nitrogens is 1. The first-order valence-corrected chi connectivity index (χ1v) is 10.2. The van der Waals surface area contributed by atoms with Crippen molar-refractivity contribution in [2.75, 3.05) is 29.1 Å². The Morgan fingerprint density at radius 2 is 1.67 bits per heavy atom. The number of nitrogens with zero attached hydrogens (tertiary/aromatic N) is 1. The second-order valence-corrected chi connectivity index (χ2v) is 6.77. The smallest absolute Gasteiger partial charge is 0.411 e. The molecular weight excluding hydrogens is 376 g/mol. The quantitative estimate of drug-likeness (QED) is 0.440. The molecule has 1 amide bonds. The van der Waals surface area contributed by atoms with E-state index in [1.165, 1.54) is 11.1 Å². The average Bonchev–Trinajstić information content (AvgIpc) is 2.77. The number of amides is 1. The fourth-order valence-corrected chi connectivity index (χ4v) is 3.19. The number of anilines is 3. The van der Waals surface area contributed by atoms with Crippen molar-refractivity contribution < 1.29 is 9.53 Å². The van der Waals surface area contributed by atoms with Gasteiger partial charge in [0.05, 0.1) is 18.3 Å². The zero-order valence-electron chi connectivity index (χ0n) is 17.4. The van der Waals surface area contributed by atoms with Crippen LogP contribution in [0, 0.1) is 0 Å². The number of ether oxygens (including phenoxy) is 1. The molecule has 6 nitrogen and oxygen atoms in total. The van der Waals surface area contributed by atoms with E-state index in [0.717, 1.165) is 12.2 Å².